The number of carbonyl (C=O) groups is 4. The maximum absolute atomic E-state index is 12.7. The zero-order valence-electron chi connectivity index (χ0n) is 15.1. The van der Waals surface area contributed by atoms with Crippen molar-refractivity contribution in [3.63, 3.8) is 0 Å². The molecular weight excluding hydrogens is 354 g/mol. The van der Waals surface area contributed by atoms with E-state index < -0.39 is 24.5 Å². The summed E-state index contributed by atoms with van der Waals surface area (Å²) >= 11 is 0. The molecule has 2 aliphatic carbocycles. The molecule has 3 amide bonds. The number of fused-ring (bicyclic) bond motifs is 5. The number of amides is 3. The molecule has 2 heterocycles. The smallest absolute Gasteiger partial charge is 0.329 e. The number of rotatable bonds is 5. The van der Waals surface area contributed by atoms with E-state index in [-0.39, 0.29) is 41.3 Å². The van der Waals surface area contributed by atoms with Gasteiger partial charge in [0, 0.05) is 6.07 Å². The van der Waals surface area contributed by atoms with Crippen molar-refractivity contribution in [3.8, 4) is 0 Å². The quantitative estimate of drug-likeness (QED) is 0.599. The van der Waals surface area contributed by atoms with Crippen molar-refractivity contribution in [2.45, 2.75) is 39.2 Å². The first kappa shape index (κ1) is 17.7. The summed E-state index contributed by atoms with van der Waals surface area (Å²) in [5, 5.41) is 6.04. The van der Waals surface area contributed by atoms with Crippen molar-refractivity contribution in [1.29, 1.82) is 0 Å². The highest BCUT2D eigenvalue weighted by Crippen LogP contribution is 2.56. The van der Waals surface area contributed by atoms with E-state index in [0.29, 0.717) is 5.76 Å². The summed E-state index contributed by atoms with van der Waals surface area (Å²) in [6, 6.07) is 0.480. The lowest BCUT2D eigenvalue weighted by atomic mass is 9.81. The summed E-state index contributed by atoms with van der Waals surface area (Å²) in [6.45, 7) is 2.60. The van der Waals surface area contributed by atoms with Crippen molar-refractivity contribution in [1.82, 2.24) is 10.1 Å². The number of nitrogens with one attached hydrogen (secondary N) is 1. The van der Waals surface area contributed by atoms with Crippen LogP contribution in [0.25, 0.3) is 0 Å². The van der Waals surface area contributed by atoms with E-state index in [1.54, 1.807) is 6.92 Å². The molecule has 3 aliphatic rings. The second kappa shape index (κ2) is 6.47. The number of imide groups is 1. The molecular formula is C18H21N3O6. The summed E-state index contributed by atoms with van der Waals surface area (Å²) < 4.78 is 9.81. The van der Waals surface area contributed by atoms with Gasteiger partial charge in [0.15, 0.2) is 12.4 Å². The molecule has 9 heteroatoms. The third-order valence-corrected chi connectivity index (χ3v) is 5.93. The Hall–Kier alpha value is -2.71. The average Bonchev–Trinajstić information content (AvgIpc) is 3.38. The number of ether oxygens (including phenoxy) is 1. The van der Waals surface area contributed by atoms with Crippen molar-refractivity contribution >= 4 is 29.5 Å². The van der Waals surface area contributed by atoms with Gasteiger partial charge in [-0.25, -0.2) is 4.79 Å². The van der Waals surface area contributed by atoms with Crippen LogP contribution >= 0.6 is 0 Å². The second-order valence-corrected chi connectivity index (χ2v) is 7.59. The molecule has 0 spiro atoms. The van der Waals surface area contributed by atoms with Gasteiger partial charge in [-0.05, 0) is 44.9 Å². The molecule has 5 atom stereocenters. The van der Waals surface area contributed by atoms with Crippen LogP contribution in [0, 0.1) is 30.6 Å². The van der Waals surface area contributed by atoms with E-state index in [1.165, 1.54) is 13.0 Å². The maximum atomic E-state index is 12.7. The Labute approximate surface area is 155 Å². The fourth-order valence-electron chi connectivity index (χ4n) is 4.78. The number of likely N-dealkylation sites (tertiary alicyclic amines) is 1. The van der Waals surface area contributed by atoms with Gasteiger partial charge in [0.2, 0.25) is 11.8 Å². The molecule has 144 valence electrons. The van der Waals surface area contributed by atoms with Gasteiger partial charge < -0.3 is 14.6 Å². The van der Waals surface area contributed by atoms with E-state index in [2.05, 4.69) is 10.5 Å². The summed E-state index contributed by atoms with van der Waals surface area (Å²) in [5.41, 5.74) is 0. The molecule has 1 aromatic rings. The van der Waals surface area contributed by atoms with Crippen LogP contribution in [0.4, 0.5) is 5.82 Å². The third-order valence-electron chi connectivity index (χ3n) is 5.93. The SMILES string of the molecule is Cc1cc(NC(=O)COC(=O)[C@@H](C)N2C(=O)[C@@H]3[C@@H]4CC[C@@H](C4)[C@@H]3C2=O)no1. The lowest BCUT2D eigenvalue weighted by Gasteiger charge is -2.22. The lowest BCUT2D eigenvalue weighted by molar-refractivity contribution is -0.159. The molecule has 0 aromatic carbocycles. The number of anilines is 1. The van der Waals surface area contributed by atoms with E-state index >= 15 is 0 Å². The van der Waals surface area contributed by atoms with Crippen molar-refractivity contribution in [3.05, 3.63) is 11.8 Å². The Kier molecular flexibility index (Phi) is 4.24. The van der Waals surface area contributed by atoms with E-state index in [9.17, 15) is 19.2 Å². The Morgan fingerprint density at radius 2 is 1.93 bits per heavy atom. The highest BCUT2D eigenvalue weighted by Gasteiger charge is 2.62. The molecule has 2 bridgehead atoms. The van der Waals surface area contributed by atoms with Gasteiger partial charge >= 0.3 is 5.97 Å². The summed E-state index contributed by atoms with van der Waals surface area (Å²) in [4.78, 5) is 50.6. The van der Waals surface area contributed by atoms with Crippen LogP contribution in [-0.4, -0.2) is 46.4 Å². The van der Waals surface area contributed by atoms with Gasteiger partial charge in [-0.2, -0.15) is 0 Å². The van der Waals surface area contributed by atoms with Gasteiger partial charge in [-0.3, -0.25) is 19.3 Å². The minimum absolute atomic E-state index is 0.217. The molecule has 4 rings (SSSR count). The van der Waals surface area contributed by atoms with Crippen LogP contribution in [-0.2, 0) is 23.9 Å². The molecule has 2 saturated carbocycles. The van der Waals surface area contributed by atoms with E-state index in [4.69, 9.17) is 9.26 Å². The average molecular weight is 375 g/mol. The maximum Gasteiger partial charge on any atom is 0.329 e. The fraction of sp³-hybridized carbons (Fsp3) is 0.611. The second-order valence-electron chi connectivity index (χ2n) is 7.59. The number of nitrogens with zero attached hydrogens (tertiary/aromatic N) is 2. The third kappa shape index (κ3) is 2.90. The normalized spacial score (nSPS) is 29.8. The number of hydrogen-bond acceptors (Lipinski definition) is 7. The number of esters is 1. The Balaban J connectivity index is 1.34. The highest BCUT2D eigenvalue weighted by molar-refractivity contribution is 6.08. The van der Waals surface area contributed by atoms with Crippen molar-refractivity contribution < 1.29 is 28.4 Å². The standard InChI is InChI=1S/C18H21N3O6/c1-8-5-12(20-27-8)19-13(22)7-26-18(25)9(2)21-16(23)14-10-3-4-11(6-10)15(14)17(21)24/h5,9-11,14-15H,3-4,6-7H2,1-2H3,(H,19,20,22)/t9-,10-,11+,14-,15+/m1/s1. The number of aromatic nitrogens is 1. The molecule has 9 nitrogen and oxygen atoms in total. The first-order chi connectivity index (χ1) is 12.9. The van der Waals surface area contributed by atoms with Crippen LogP contribution in [0.2, 0.25) is 0 Å². The number of carbonyl (C=O) groups excluding carboxylic acids is 4. The van der Waals surface area contributed by atoms with Gasteiger partial charge in [0.25, 0.3) is 5.91 Å². The van der Waals surface area contributed by atoms with E-state index in [1.807, 2.05) is 0 Å². The topological polar surface area (TPSA) is 119 Å². The summed E-state index contributed by atoms with van der Waals surface area (Å²) in [5.74, 6) is -1.24. The van der Waals surface area contributed by atoms with Crippen LogP contribution in [0.15, 0.2) is 10.6 Å². The fourth-order valence-corrected chi connectivity index (χ4v) is 4.78. The van der Waals surface area contributed by atoms with Crippen LogP contribution in [0.3, 0.4) is 0 Å². The van der Waals surface area contributed by atoms with Crippen LogP contribution in [0.5, 0.6) is 0 Å². The molecule has 0 radical (unpaired) electrons. The minimum Gasteiger partial charge on any atom is -0.454 e. The predicted molar refractivity (Wildman–Crippen MR) is 90.0 cm³/mol. The Bertz CT molecular complexity index is 790. The molecule has 3 fully saturated rings. The summed E-state index contributed by atoms with van der Waals surface area (Å²) in [7, 11) is 0. The highest BCUT2D eigenvalue weighted by atomic mass is 16.5. The first-order valence-electron chi connectivity index (χ1n) is 9.13. The number of aryl methyl sites for hydroxylation is 1. The molecule has 27 heavy (non-hydrogen) atoms. The van der Waals surface area contributed by atoms with Gasteiger partial charge in [0.1, 0.15) is 11.8 Å². The predicted octanol–water partition coefficient (Wildman–Crippen LogP) is 0.884. The van der Waals surface area contributed by atoms with Crippen LogP contribution < -0.4 is 5.32 Å². The molecule has 0 unspecified atom stereocenters. The summed E-state index contributed by atoms with van der Waals surface area (Å²) in [6.07, 6.45) is 2.87. The van der Waals surface area contributed by atoms with Crippen molar-refractivity contribution in [2.24, 2.45) is 23.7 Å². The molecule has 1 N–H and O–H groups in total. The largest absolute Gasteiger partial charge is 0.454 e. The minimum atomic E-state index is -1.04. The monoisotopic (exact) mass is 375 g/mol. The Morgan fingerprint density at radius 3 is 2.48 bits per heavy atom. The Morgan fingerprint density at radius 1 is 1.30 bits per heavy atom. The zero-order valence-corrected chi connectivity index (χ0v) is 15.1. The molecule has 1 aliphatic heterocycles. The van der Waals surface area contributed by atoms with Gasteiger partial charge in [-0.1, -0.05) is 5.16 Å². The molecule has 1 saturated heterocycles. The zero-order chi connectivity index (χ0) is 19.3. The van der Waals surface area contributed by atoms with Crippen molar-refractivity contribution in [2.75, 3.05) is 11.9 Å². The lowest BCUT2D eigenvalue weighted by Crippen LogP contribution is -2.45. The van der Waals surface area contributed by atoms with Gasteiger partial charge in [0.05, 0.1) is 11.8 Å². The van der Waals surface area contributed by atoms with Gasteiger partial charge in [-0.15, -0.1) is 0 Å². The first-order valence-corrected chi connectivity index (χ1v) is 9.13. The van der Waals surface area contributed by atoms with Crippen LogP contribution in [0.1, 0.15) is 31.9 Å². The van der Waals surface area contributed by atoms with E-state index in [0.717, 1.165) is 24.2 Å². The molecule has 1 aromatic heterocycles. The number of hydrogen-bond donors (Lipinski definition) is 1.